The van der Waals surface area contributed by atoms with Crippen LogP contribution in [0.4, 0.5) is 18.9 Å². The summed E-state index contributed by atoms with van der Waals surface area (Å²) in [5.41, 5.74) is -1.09. The number of carbonyl (C=O) groups excluding carboxylic acids is 1. The molecule has 0 aliphatic carbocycles. The number of nitrogens with zero attached hydrogens (tertiary/aromatic N) is 1. The van der Waals surface area contributed by atoms with Crippen LogP contribution in [0.25, 0.3) is 0 Å². The lowest BCUT2D eigenvalue weighted by Gasteiger charge is -2.11. The molecule has 1 N–H and O–H groups in total. The van der Waals surface area contributed by atoms with E-state index in [0.29, 0.717) is 11.8 Å². The van der Waals surface area contributed by atoms with E-state index in [1.54, 1.807) is 18.2 Å². The van der Waals surface area contributed by atoms with Gasteiger partial charge in [-0.1, -0.05) is 12.1 Å². The molecule has 0 bridgehead atoms. The highest BCUT2D eigenvalue weighted by Gasteiger charge is 2.34. The molecule has 0 fully saturated rings. The summed E-state index contributed by atoms with van der Waals surface area (Å²) in [7, 11) is 0. The Labute approximate surface area is 124 Å². The molecule has 1 aromatic carbocycles. The summed E-state index contributed by atoms with van der Waals surface area (Å²) in [6, 6.07) is 8.72. The van der Waals surface area contributed by atoms with Crippen LogP contribution in [0.2, 0.25) is 0 Å². The Balaban J connectivity index is 2.17. The molecule has 116 valence electrons. The summed E-state index contributed by atoms with van der Waals surface area (Å²) in [6.45, 7) is 1.35. The van der Waals surface area contributed by atoms with Gasteiger partial charge in [-0.05, 0) is 36.8 Å². The lowest BCUT2D eigenvalue weighted by Crippen LogP contribution is -2.31. The van der Waals surface area contributed by atoms with Gasteiger partial charge in [0.2, 0.25) is 5.91 Å². The van der Waals surface area contributed by atoms with Gasteiger partial charge in [0.05, 0.1) is 0 Å². The number of hydrogen-bond acceptors (Lipinski definition) is 2. The standard InChI is InChI=1S/C15H13F3N2O2/c1-10-4-2-5-11(8-10)19-13(21)9-20-7-3-6-12(14(20)22)15(16,17)18/h2-8H,9H2,1H3,(H,19,21). The quantitative estimate of drug-likeness (QED) is 0.948. The van der Waals surface area contributed by atoms with Crippen molar-refractivity contribution in [1.29, 1.82) is 0 Å². The fraction of sp³-hybridized carbons (Fsp3) is 0.200. The topological polar surface area (TPSA) is 51.1 Å². The Morgan fingerprint density at radius 3 is 2.59 bits per heavy atom. The molecule has 0 aliphatic rings. The zero-order chi connectivity index (χ0) is 16.3. The zero-order valence-corrected chi connectivity index (χ0v) is 11.6. The van der Waals surface area contributed by atoms with Gasteiger partial charge in [-0.15, -0.1) is 0 Å². The molecule has 2 aromatic rings. The van der Waals surface area contributed by atoms with E-state index in [-0.39, 0.29) is 0 Å². The van der Waals surface area contributed by atoms with Gasteiger partial charge in [0.1, 0.15) is 12.1 Å². The molecule has 7 heteroatoms. The molecule has 2 rings (SSSR count). The van der Waals surface area contributed by atoms with E-state index in [9.17, 15) is 22.8 Å². The average Bonchev–Trinajstić information content (AvgIpc) is 2.39. The fourth-order valence-corrected chi connectivity index (χ4v) is 1.96. The van der Waals surface area contributed by atoms with Gasteiger partial charge in [0.25, 0.3) is 5.56 Å². The Morgan fingerprint density at radius 1 is 1.23 bits per heavy atom. The zero-order valence-electron chi connectivity index (χ0n) is 11.6. The number of anilines is 1. The van der Waals surface area contributed by atoms with E-state index in [1.165, 1.54) is 0 Å². The van der Waals surface area contributed by atoms with Crippen LogP contribution in [0.5, 0.6) is 0 Å². The Hall–Kier alpha value is -2.57. The maximum absolute atomic E-state index is 12.6. The Kier molecular flexibility index (Phi) is 4.35. The maximum atomic E-state index is 12.6. The van der Waals surface area contributed by atoms with Gasteiger partial charge >= 0.3 is 6.18 Å². The second-order valence-electron chi connectivity index (χ2n) is 4.77. The molecular formula is C15H13F3N2O2. The van der Waals surface area contributed by atoms with Gasteiger partial charge < -0.3 is 9.88 Å². The van der Waals surface area contributed by atoms with E-state index < -0.39 is 29.8 Å². The minimum Gasteiger partial charge on any atom is -0.325 e. The summed E-state index contributed by atoms with van der Waals surface area (Å²) >= 11 is 0. The fourth-order valence-electron chi connectivity index (χ4n) is 1.96. The summed E-state index contributed by atoms with van der Waals surface area (Å²) in [4.78, 5) is 23.6. The summed E-state index contributed by atoms with van der Waals surface area (Å²) in [5, 5.41) is 2.54. The number of aromatic nitrogens is 1. The lowest BCUT2D eigenvalue weighted by atomic mass is 10.2. The number of pyridine rings is 1. The molecule has 0 spiro atoms. The third-order valence-electron chi connectivity index (χ3n) is 2.94. The number of hydrogen-bond donors (Lipinski definition) is 1. The van der Waals surface area contributed by atoms with E-state index in [2.05, 4.69) is 5.32 Å². The van der Waals surface area contributed by atoms with Crippen molar-refractivity contribution >= 4 is 11.6 Å². The first-order valence-corrected chi connectivity index (χ1v) is 6.40. The smallest absolute Gasteiger partial charge is 0.325 e. The molecular weight excluding hydrogens is 297 g/mol. The third kappa shape index (κ3) is 3.75. The second kappa shape index (κ2) is 6.05. The molecule has 0 atom stereocenters. The van der Waals surface area contributed by atoms with Crippen LogP contribution in [-0.4, -0.2) is 10.5 Å². The van der Waals surface area contributed by atoms with Gasteiger partial charge in [0.15, 0.2) is 0 Å². The molecule has 0 saturated carbocycles. The van der Waals surface area contributed by atoms with Crippen molar-refractivity contribution in [3.05, 3.63) is 64.1 Å². The molecule has 4 nitrogen and oxygen atoms in total. The second-order valence-corrected chi connectivity index (χ2v) is 4.77. The van der Waals surface area contributed by atoms with Gasteiger partial charge in [-0.25, -0.2) is 0 Å². The number of nitrogens with one attached hydrogen (secondary N) is 1. The molecule has 1 aromatic heterocycles. The van der Waals surface area contributed by atoms with Crippen molar-refractivity contribution in [1.82, 2.24) is 4.57 Å². The van der Waals surface area contributed by atoms with E-state index in [0.717, 1.165) is 22.4 Å². The van der Waals surface area contributed by atoms with Crippen LogP contribution < -0.4 is 10.9 Å². The summed E-state index contributed by atoms with van der Waals surface area (Å²) < 4.78 is 38.7. The molecule has 0 aliphatic heterocycles. The van der Waals surface area contributed by atoms with E-state index in [4.69, 9.17) is 0 Å². The van der Waals surface area contributed by atoms with Crippen molar-refractivity contribution < 1.29 is 18.0 Å². The first-order valence-electron chi connectivity index (χ1n) is 6.40. The highest BCUT2D eigenvalue weighted by atomic mass is 19.4. The predicted molar refractivity (Wildman–Crippen MR) is 75.5 cm³/mol. The van der Waals surface area contributed by atoms with Crippen molar-refractivity contribution in [2.45, 2.75) is 19.6 Å². The number of rotatable bonds is 3. The maximum Gasteiger partial charge on any atom is 0.421 e. The average molecular weight is 310 g/mol. The molecule has 1 amide bonds. The first-order chi connectivity index (χ1) is 10.3. The van der Waals surface area contributed by atoms with Crippen molar-refractivity contribution in [2.75, 3.05) is 5.32 Å². The van der Waals surface area contributed by atoms with Crippen LogP contribution in [0.15, 0.2) is 47.4 Å². The summed E-state index contributed by atoms with van der Waals surface area (Å²) in [6.07, 6.45) is -3.60. The van der Waals surface area contributed by atoms with Crippen LogP contribution >= 0.6 is 0 Å². The molecule has 0 saturated heterocycles. The van der Waals surface area contributed by atoms with Crippen LogP contribution in [0.3, 0.4) is 0 Å². The van der Waals surface area contributed by atoms with Gasteiger partial charge in [-0.3, -0.25) is 9.59 Å². The summed E-state index contributed by atoms with van der Waals surface area (Å²) in [5.74, 6) is -0.577. The van der Waals surface area contributed by atoms with Crippen molar-refractivity contribution in [2.24, 2.45) is 0 Å². The highest BCUT2D eigenvalue weighted by molar-refractivity contribution is 5.90. The lowest BCUT2D eigenvalue weighted by molar-refractivity contribution is -0.139. The van der Waals surface area contributed by atoms with Crippen LogP contribution in [0, 0.1) is 6.92 Å². The molecule has 0 radical (unpaired) electrons. The molecule has 0 unspecified atom stereocenters. The molecule has 1 heterocycles. The SMILES string of the molecule is Cc1cccc(NC(=O)Cn2cccc(C(F)(F)F)c2=O)c1. The van der Waals surface area contributed by atoms with Gasteiger partial charge in [-0.2, -0.15) is 13.2 Å². The monoisotopic (exact) mass is 310 g/mol. The van der Waals surface area contributed by atoms with E-state index in [1.807, 2.05) is 13.0 Å². The minimum atomic E-state index is -4.74. The van der Waals surface area contributed by atoms with Crippen LogP contribution in [-0.2, 0) is 17.5 Å². The first kappa shape index (κ1) is 15.8. The largest absolute Gasteiger partial charge is 0.421 e. The van der Waals surface area contributed by atoms with E-state index >= 15 is 0 Å². The normalized spacial score (nSPS) is 11.3. The Bertz CT molecular complexity index is 751. The predicted octanol–water partition coefficient (Wildman–Crippen LogP) is 2.81. The Morgan fingerprint density at radius 2 is 1.95 bits per heavy atom. The molecule has 22 heavy (non-hydrogen) atoms. The number of carbonyl (C=O) groups is 1. The highest BCUT2D eigenvalue weighted by Crippen LogP contribution is 2.25. The number of aryl methyl sites for hydroxylation is 1. The number of halogens is 3. The number of benzene rings is 1. The van der Waals surface area contributed by atoms with Crippen LogP contribution in [0.1, 0.15) is 11.1 Å². The van der Waals surface area contributed by atoms with Crippen molar-refractivity contribution in [3.8, 4) is 0 Å². The van der Waals surface area contributed by atoms with Gasteiger partial charge in [0, 0.05) is 11.9 Å². The third-order valence-corrected chi connectivity index (χ3v) is 2.94. The van der Waals surface area contributed by atoms with Crippen molar-refractivity contribution in [3.63, 3.8) is 0 Å². The number of alkyl halides is 3. The minimum absolute atomic E-state index is 0.489. The number of amides is 1.